The van der Waals surface area contributed by atoms with E-state index in [4.69, 9.17) is 15.6 Å². The van der Waals surface area contributed by atoms with Crippen LogP contribution >= 0.6 is 34.9 Å². The van der Waals surface area contributed by atoms with E-state index in [1.807, 2.05) is 35.1 Å². The van der Waals surface area contributed by atoms with Gasteiger partial charge in [-0.25, -0.2) is 9.59 Å². The third-order valence-electron chi connectivity index (χ3n) is 9.58. The van der Waals surface area contributed by atoms with Gasteiger partial charge in [-0.3, -0.25) is 19.9 Å². The molecule has 2 N–H and O–H groups in total. The van der Waals surface area contributed by atoms with E-state index in [1.54, 1.807) is 0 Å². The number of nitrogens with zero attached hydrogens (tertiary/aromatic N) is 5. The summed E-state index contributed by atoms with van der Waals surface area (Å²) in [6, 6.07) is 23.2. The molecular formula is C48H52N5O4RuS3. The van der Waals surface area contributed by atoms with Gasteiger partial charge < -0.3 is 15.6 Å². The Morgan fingerprint density at radius 1 is 0.656 bits per heavy atom. The minimum atomic E-state index is -1.08. The third kappa shape index (κ3) is 17.5. The number of unbranched alkanes of at least 4 members (excludes halogenated alkanes) is 6. The molecule has 9 nitrogen and oxygen atoms in total. The van der Waals surface area contributed by atoms with Gasteiger partial charge in [0.25, 0.3) is 0 Å². The van der Waals surface area contributed by atoms with Crippen molar-refractivity contribution in [2.75, 3.05) is 0 Å². The Bertz CT molecular complexity index is 2280. The normalized spacial score (nSPS) is 11.0. The van der Waals surface area contributed by atoms with E-state index in [1.165, 1.54) is 131 Å². The summed E-state index contributed by atoms with van der Waals surface area (Å²) >= 11 is 7.60. The second-order valence-corrected chi connectivity index (χ2v) is 16.9. The molecule has 6 aromatic heterocycles. The molecular weight excluding hydrogens is 908 g/mol. The van der Waals surface area contributed by atoms with Crippen molar-refractivity contribution < 1.29 is 39.3 Å². The Kier molecular flexibility index (Phi) is 23.0. The minimum Gasteiger partial charge on any atom is -0.753 e. The molecule has 0 saturated heterocycles. The maximum Gasteiger partial charge on any atom is 1.00 e. The van der Waals surface area contributed by atoms with Crippen LogP contribution in [0.15, 0.2) is 97.6 Å². The number of hydrogen-bond donors (Lipinski definition) is 2. The van der Waals surface area contributed by atoms with Gasteiger partial charge in [-0.2, -0.15) is 5.16 Å². The van der Waals surface area contributed by atoms with Crippen molar-refractivity contribution in [1.82, 2.24) is 19.9 Å². The number of pyridine rings is 4. The standard InChI is InChI=1S/C35H44N2S2.C12H8N2O4.CNS.Ru/c1-4-6-8-10-12-30-16-17-32(38-30)15-14-28-20-22-36-34(25-28)35-26-29(21-23-37-35)27(3)24-33-19-18-31(39-33)13-11-9-7-5-2;15-11(16)7-1-3-13-9(5-7)10-6-8(12(17)18)2-4-14-10;2-1-3;/h14-23,25-27H,4-13,24H2,1-3H3;1-6H,(H,15,16)(H,17,18);;/q;;-1;+1/b15-14+;;;. The SMILES string of the molecule is CCCCCCc1ccc(/C=C/c2ccnc(-c3cc(C(C)Cc4ccc(CCCCCC)s4)ccn3)c2)s1.O=C(O)c1ccnc(-c2cc(C(=O)O)ccn2)c1.[N-]=C=S.[Ru+]. The fourth-order valence-electron chi connectivity index (χ4n) is 6.33. The van der Waals surface area contributed by atoms with Gasteiger partial charge in [-0.15, -0.1) is 22.7 Å². The number of carbonyl (C=O) groups is 2. The molecule has 1 unspecified atom stereocenters. The van der Waals surface area contributed by atoms with Crippen molar-refractivity contribution in [1.29, 1.82) is 0 Å². The largest absolute Gasteiger partial charge is 1.00 e. The number of carboxylic acids is 2. The van der Waals surface area contributed by atoms with Crippen molar-refractivity contribution in [3.63, 3.8) is 0 Å². The van der Waals surface area contributed by atoms with Crippen LogP contribution in [0.2, 0.25) is 0 Å². The zero-order chi connectivity index (χ0) is 43.1. The van der Waals surface area contributed by atoms with E-state index in [0.29, 0.717) is 17.3 Å². The average molecular weight is 960 g/mol. The summed E-state index contributed by atoms with van der Waals surface area (Å²) < 4.78 is 0. The molecule has 6 aromatic rings. The van der Waals surface area contributed by atoms with Gasteiger partial charge in [0.1, 0.15) is 0 Å². The average Bonchev–Trinajstić information content (AvgIpc) is 3.93. The summed E-state index contributed by atoms with van der Waals surface area (Å²) in [4.78, 5) is 44.7. The molecule has 0 aliphatic rings. The Hall–Kier alpha value is -4.90. The molecule has 0 aliphatic heterocycles. The molecule has 0 fully saturated rings. The molecule has 0 aromatic carbocycles. The second kappa shape index (κ2) is 27.8. The van der Waals surface area contributed by atoms with Crippen LogP contribution in [0.4, 0.5) is 0 Å². The molecule has 319 valence electrons. The predicted molar refractivity (Wildman–Crippen MR) is 250 cm³/mol. The zero-order valence-corrected chi connectivity index (χ0v) is 39.0. The summed E-state index contributed by atoms with van der Waals surface area (Å²) in [6.07, 6.45) is 25.0. The van der Waals surface area contributed by atoms with Crippen LogP contribution in [0.5, 0.6) is 0 Å². The first-order valence-corrected chi connectivity index (χ1v) is 22.3. The molecule has 6 heterocycles. The molecule has 13 heteroatoms. The van der Waals surface area contributed by atoms with E-state index in [0.717, 1.165) is 23.4 Å². The first kappa shape index (κ1) is 50.5. The van der Waals surface area contributed by atoms with Crippen LogP contribution in [0, 0.1) is 0 Å². The topological polar surface area (TPSA) is 148 Å². The molecule has 0 bridgehead atoms. The van der Waals surface area contributed by atoms with Crippen LogP contribution in [0.3, 0.4) is 0 Å². The molecule has 0 amide bonds. The van der Waals surface area contributed by atoms with Crippen molar-refractivity contribution in [2.45, 2.75) is 97.3 Å². The van der Waals surface area contributed by atoms with E-state index >= 15 is 0 Å². The molecule has 61 heavy (non-hydrogen) atoms. The summed E-state index contributed by atoms with van der Waals surface area (Å²) in [5, 5.41) is 26.2. The number of thiophene rings is 2. The van der Waals surface area contributed by atoms with E-state index in [-0.39, 0.29) is 30.6 Å². The molecule has 0 spiro atoms. The Labute approximate surface area is 385 Å². The number of aromatic carboxylic acids is 2. The van der Waals surface area contributed by atoms with E-state index < -0.39 is 11.9 Å². The fraction of sp³-hybridized carbons (Fsp3) is 0.312. The van der Waals surface area contributed by atoms with Gasteiger partial charge in [-0.05, 0) is 128 Å². The van der Waals surface area contributed by atoms with Crippen molar-refractivity contribution in [3.8, 4) is 22.8 Å². The number of isothiocyanates is 1. The van der Waals surface area contributed by atoms with Gasteiger partial charge >= 0.3 is 31.4 Å². The summed E-state index contributed by atoms with van der Waals surface area (Å²) in [5.74, 6) is -1.71. The fourth-order valence-corrected chi connectivity index (χ4v) is 8.47. The molecule has 0 saturated carbocycles. The maximum absolute atomic E-state index is 10.8. The predicted octanol–water partition coefficient (Wildman–Crippen LogP) is 13.2. The van der Waals surface area contributed by atoms with E-state index in [9.17, 15) is 9.59 Å². The van der Waals surface area contributed by atoms with Crippen LogP contribution in [0.25, 0.3) is 40.3 Å². The van der Waals surface area contributed by atoms with Crippen molar-refractivity contribution in [3.05, 3.63) is 145 Å². The van der Waals surface area contributed by atoms with Crippen LogP contribution in [-0.4, -0.2) is 47.2 Å². The summed E-state index contributed by atoms with van der Waals surface area (Å²) in [6.45, 7) is 6.87. The van der Waals surface area contributed by atoms with E-state index in [2.05, 4.69) is 114 Å². The monoisotopic (exact) mass is 960 g/mol. The van der Waals surface area contributed by atoms with Crippen molar-refractivity contribution in [2.24, 2.45) is 0 Å². The Balaban J connectivity index is 0.000000376. The molecule has 0 aliphatic carbocycles. The summed E-state index contributed by atoms with van der Waals surface area (Å²) in [7, 11) is 0. The quantitative estimate of drug-likeness (QED) is 0.0350. The maximum atomic E-state index is 10.8. The second-order valence-electron chi connectivity index (χ2n) is 14.2. The first-order chi connectivity index (χ1) is 29.1. The zero-order valence-electron chi connectivity index (χ0n) is 34.8. The Morgan fingerprint density at radius 3 is 1.69 bits per heavy atom. The third-order valence-corrected chi connectivity index (χ3v) is 11.9. The first-order valence-electron chi connectivity index (χ1n) is 20.3. The van der Waals surface area contributed by atoms with Gasteiger partial charge in [-0.1, -0.05) is 77.6 Å². The Morgan fingerprint density at radius 2 is 1.13 bits per heavy atom. The number of aromatic nitrogens is 4. The number of rotatable bonds is 19. The van der Waals surface area contributed by atoms with Gasteiger partial charge in [0.15, 0.2) is 0 Å². The van der Waals surface area contributed by atoms with Crippen LogP contribution < -0.4 is 0 Å². The van der Waals surface area contributed by atoms with Gasteiger partial charge in [0.05, 0.1) is 33.9 Å². The van der Waals surface area contributed by atoms with Gasteiger partial charge in [0, 0.05) is 44.3 Å². The number of thiocarbonyl (C=S) groups is 1. The summed E-state index contributed by atoms with van der Waals surface area (Å²) in [5.41, 5.74) is 5.14. The van der Waals surface area contributed by atoms with Crippen LogP contribution in [0.1, 0.15) is 129 Å². The molecule has 1 atom stereocenters. The number of carboxylic acid groups (broad SMARTS) is 2. The minimum absolute atomic E-state index is 0. The number of aryl methyl sites for hydroxylation is 2. The molecule has 6 rings (SSSR count). The number of hydrogen-bond acceptors (Lipinski definition) is 9. The van der Waals surface area contributed by atoms with Crippen molar-refractivity contribution >= 4 is 64.1 Å². The molecule has 1 radical (unpaired) electrons. The smallest absolute Gasteiger partial charge is 0.753 e. The van der Waals surface area contributed by atoms with Crippen LogP contribution in [-0.2, 0) is 38.7 Å². The van der Waals surface area contributed by atoms with Gasteiger partial charge in [0.2, 0.25) is 0 Å².